The van der Waals surface area contributed by atoms with Crippen LogP contribution in [0.2, 0.25) is 0 Å². The number of hydrogen-bond acceptors (Lipinski definition) is 8. The van der Waals surface area contributed by atoms with Gasteiger partial charge in [-0.2, -0.15) is 0 Å². The molecule has 2 N–H and O–H groups in total. The number of anilines is 2. The van der Waals surface area contributed by atoms with E-state index in [0.29, 0.717) is 32.9 Å². The monoisotopic (exact) mass is 836 g/mol. The summed E-state index contributed by atoms with van der Waals surface area (Å²) in [6.07, 6.45) is 1.28. The molecule has 4 rings (SSSR count). The van der Waals surface area contributed by atoms with E-state index >= 15 is 0 Å². The van der Waals surface area contributed by atoms with Gasteiger partial charge in [-0.05, 0) is 107 Å². The summed E-state index contributed by atoms with van der Waals surface area (Å²) in [6, 6.07) is 14.9. The number of thioether (sulfide) groups is 2. The average molecular weight is 837 g/mol. The van der Waals surface area contributed by atoms with Gasteiger partial charge >= 0.3 is 0 Å². The van der Waals surface area contributed by atoms with Crippen molar-refractivity contribution in [3.8, 4) is 0 Å². The van der Waals surface area contributed by atoms with Crippen molar-refractivity contribution in [2.75, 3.05) is 23.7 Å². The van der Waals surface area contributed by atoms with E-state index in [-0.39, 0.29) is 59.4 Å². The maximum atomic E-state index is 13.1. The molecular weight excluding hydrogens is 814 g/mol. The minimum absolute atomic E-state index is 0.153. The van der Waals surface area contributed by atoms with Crippen molar-refractivity contribution in [1.82, 2.24) is 9.80 Å². The molecule has 14 heteroatoms. The maximum Gasteiger partial charge on any atom is 0.267 e. The van der Waals surface area contributed by atoms with Crippen molar-refractivity contribution in [3.63, 3.8) is 0 Å². The molecule has 0 atom stereocenters. The molecule has 40 heavy (non-hydrogen) atoms. The fourth-order valence-corrected chi connectivity index (χ4v) is 7.26. The lowest BCUT2D eigenvalue weighted by Crippen LogP contribution is -2.31. The number of thiocarbonyl (C=S) groups is 2. The largest absolute Gasteiger partial charge is 0.326 e. The third-order valence-electron chi connectivity index (χ3n) is 5.73. The van der Waals surface area contributed by atoms with E-state index in [0.717, 1.165) is 30.7 Å². The molecule has 0 spiro atoms. The number of benzene rings is 2. The van der Waals surface area contributed by atoms with Gasteiger partial charge in [0.1, 0.15) is 8.64 Å². The number of amides is 4. The Morgan fingerprint density at radius 2 is 1.02 bits per heavy atom. The normalized spacial score (nSPS) is 17.1. The molecule has 4 amide bonds. The van der Waals surface area contributed by atoms with Crippen LogP contribution in [0, 0.1) is 7.14 Å². The van der Waals surface area contributed by atoms with Gasteiger partial charge in [0.05, 0.1) is 9.81 Å². The number of carbonyl (C=O) groups is 4. The molecule has 0 bridgehead atoms. The third-order valence-corrected chi connectivity index (χ3v) is 10.2. The summed E-state index contributed by atoms with van der Waals surface area (Å²) in [5, 5.41) is 5.67. The molecule has 0 aliphatic carbocycles. The first-order valence-electron chi connectivity index (χ1n) is 12.0. The highest BCUT2D eigenvalue weighted by molar-refractivity contribution is 14.1. The Balaban J connectivity index is 1.27. The van der Waals surface area contributed by atoms with Crippen LogP contribution in [-0.2, 0) is 19.2 Å². The summed E-state index contributed by atoms with van der Waals surface area (Å²) in [7, 11) is 0. The zero-order chi connectivity index (χ0) is 28.8. The number of nitrogens with one attached hydrogen (secondary N) is 2. The molecule has 0 aromatic heterocycles. The Bertz CT molecular complexity index is 1290. The first-order valence-corrected chi connectivity index (χ1v) is 16.7. The zero-order valence-corrected chi connectivity index (χ0v) is 28.4. The van der Waals surface area contributed by atoms with Gasteiger partial charge in [0.25, 0.3) is 11.8 Å². The molecule has 2 aromatic rings. The summed E-state index contributed by atoms with van der Waals surface area (Å²) < 4.78 is 2.83. The van der Waals surface area contributed by atoms with Crippen molar-refractivity contribution >= 4 is 137 Å². The standard InChI is InChI=1S/C26H22I2N4O4S4/c27-15-5-9-17(10-6-15)29-19(33)3-1-13-31-23(35)21(39-25(31)37)22-24(36)32(26(38)40-22)14-2-4-20(34)30-18-11-7-16(28)8-12-18/h5-12H,1-4,13-14H2,(H,29,33)(H,30,34). The molecule has 208 valence electrons. The highest BCUT2D eigenvalue weighted by atomic mass is 127. The Morgan fingerprint density at radius 1 is 0.675 bits per heavy atom. The first-order chi connectivity index (χ1) is 19.1. The van der Waals surface area contributed by atoms with Gasteiger partial charge in [-0.25, -0.2) is 0 Å². The second kappa shape index (κ2) is 14.5. The highest BCUT2D eigenvalue weighted by Crippen LogP contribution is 2.42. The van der Waals surface area contributed by atoms with E-state index in [1.54, 1.807) is 0 Å². The van der Waals surface area contributed by atoms with Crippen LogP contribution in [0.4, 0.5) is 11.4 Å². The molecule has 2 fully saturated rings. The van der Waals surface area contributed by atoms with E-state index in [9.17, 15) is 19.2 Å². The van der Waals surface area contributed by atoms with E-state index in [4.69, 9.17) is 24.4 Å². The number of carbonyl (C=O) groups excluding carboxylic acids is 4. The van der Waals surface area contributed by atoms with Crippen molar-refractivity contribution in [2.24, 2.45) is 0 Å². The van der Waals surface area contributed by atoms with E-state index < -0.39 is 0 Å². The lowest BCUT2D eigenvalue weighted by atomic mass is 10.2. The molecule has 2 aliphatic heterocycles. The summed E-state index contributed by atoms with van der Waals surface area (Å²) in [5.41, 5.74) is 1.43. The smallest absolute Gasteiger partial charge is 0.267 e. The molecule has 0 saturated carbocycles. The number of hydrogen-bond donors (Lipinski definition) is 2. The quantitative estimate of drug-likeness (QED) is 0.172. The van der Waals surface area contributed by atoms with Crippen molar-refractivity contribution in [3.05, 3.63) is 65.5 Å². The van der Waals surface area contributed by atoms with E-state index in [1.807, 2.05) is 48.5 Å². The molecule has 0 unspecified atom stereocenters. The molecule has 2 aliphatic rings. The molecule has 2 heterocycles. The second-order valence-electron chi connectivity index (χ2n) is 8.63. The molecule has 0 radical (unpaired) electrons. The van der Waals surface area contributed by atoms with Crippen LogP contribution in [0.1, 0.15) is 25.7 Å². The number of halogens is 2. The van der Waals surface area contributed by atoms with Crippen LogP contribution in [0.3, 0.4) is 0 Å². The number of rotatable bonds is 10. The lowest BCUT2D eigenvalue weighted by molar-refractivity contribution is -0.124. The predicted molar refractivity (Wildman–Crippen MR) is 185 cm³/mol. The Hall–Kier alpha value is -1.60. The molecule has 2 aromatic carbocycles. The fourth-order valence-electron chi connectivity index (χ4n) is 3.76. The molecule has 2 saturated heterocycles. The zero-order valence-electron chi connectivity index (χ0n) is 20.8. The summed E-state index contributed by atoms with van der Waals surface area (Å²) in [5.74, 6) is -1.02. The summed E-state index contributed by atoms with van der Waals surface area (Å²) >= 11 is 17.3. The van der Waals surface area contributed by atoms with Gasteiger partial charge in [0.2, 0.25) is 11.8 Å². The third kappa shape index (κ3) is 8.24. The maximum absolute atomic E-state index is 13.1. The fraction of sp³-hybridized carbons (Fsp3) is 0.231. The topological polar surface area (TPSA) is 98.8 Å². The van der Waals surface area contributed by atoms with Crippen LogP contribution in [-0.4, -0.2) is 55.2 Å². The molecule has 8 nitrogen and oxygen atoms in total. The minimum Gasteiger partial charge on any atom is -0.326 e. The van der Waals surface area contributed by atoms with Crippen LogP contribution < -0.4 is 10.6 Å². The van der Waals surface area contributed by atoms with Gasteiger partial charge in [-0.15, -0.1) is 0 Å². The van der Waals surface area contributed by atoms with Crippen molar-refractivity contribution < 1.29 is 19.2 Å². The van der Waals surface area contributed by atoms with E-state index in [2.05, 4.69) is 55.8 Å². The van der Waals surface area contributed by atoms with Gasteiger partial charge in [-0.1, -0.05) is 48.0 Å². The Morgan fingerprint density at radius 3 is 1.38 bits per heavy atom. The van der Waals surface area contributed by atoms with Gasteiger partial charge < -0.3 is 10.6 Å². The van der Waals surface area contributed by atoms with Gasteiger partial charge in [0, 0.05) is 44.4 Å². The SMILES string of the molecule is O=C(CCCN1C(=O)C(=C2SC(=S)N(CCCC(=O)Nc3ccc(I)cc3)C2=O)SC1=S)Nc1ccc(I)cc1. The predicted octanol–water partition coefficient (Wildman–Crippen LogP) is 5.97. The van der Waals surface area contributed by atoms with Crippen molar-refractivity contribution in [1.29, 1.82) is 0 Å². The average Bonchev–Trinajstić information content (AvgIpc) is 3.35. The van der Waals surface area contributed by atoms with Gasteiger partial charge in [-0.3, -0.25) is 29.0 Å². The summed E-state index contributed by atoms with van der Waals surface area (Å²) in [6.45, 7) is 0.536. The Labute approximate surface area is 278 Å². The van der Waals surface area contributed by atoms with Crippen LogP contribution in [0.15, 0.2) is 58.3 Å². The minimum atomic E-state index is -0.356. The lowest BCUT2D eigenvalue weighted by Gasteiger charge is -2.14. The van der Waals surface area contributed by atoms with Crippen LogP contribution in [0.5, 0.6) is 0 Å². The van der Waals surface area contributed by atoms with Crippen molar-refractivity contribution in [2.45, 2.75) is 25.7 Å². The molecular formula is C26H22I2N4O4S4. The van der Waals surface area contributed by atoms with Crippen LogP contribution in [0.25, 0.3) is 0 Å². The Kier molecular flexibility index (Phi) is 11.4. The summed E-state index contributed by atoms with van der Waals surface area (Å²) in [4.78, 5) is 54.2. The van der Waals surface area contributed by atoms with Gasteiger partial charge in [0.15, 0.2) is 0 Å². The van der Waals surface area contributed by atoms with Crippen LogP contribution >= 0.6 is 93.1 Å². The second-order valence-corrected chi connectivity index (χ2v) is 14.4. The van der Waals surface area contributed by atoms with E-state index in [1.165, 1.54) is 9.80 Å². The number of nitrogens with zero attached hydrogens (tertiary/aromatic N) is 2. The first kappa shape index (κ1) is 31.3. The highest BCUT2D eigenvalue weighted by Gasteiger charge is 2.41.